The van der Waals surface area contributed by atoms with Crippen LogP contribution in [-0.2, 0) is 16.0 Å². The van der Waals surface area contributed by atoms with Crippen LogP contribution in [0.25, 0.3) is 11.0 Å². The average molecular weight is 247 g/mol. The van der Waals surface area contributed by atoms with Gasteiger partial charge in [-0.05, 0) is 43.9 Å². The third-order valence-electron chi connectivity index (χ3n) is 3.04. The van der Waals surface area contributed by atoms with Gasteiger partial charge in [-0.2, -0.15) is 0 Å². The lowest BCUT2D eigenvalue weighted by atomic mass is 10.0. The molecule has 96 valence electrons. The van der Waals surface area contributed by atoms with Gasteiger partial charge in [0.05, 0.1) is 12.8 Å². The van der Waals surface area contributed by atoms with Crippen molar-refractivity contribution in [2.75, 3.05) is 7.11 Å². The van der Waals surface area contributed by atoms with E-state index in [2.05, 4.69) is 16.0 Å². The summed E-state index contributed by atoms with van der Waals surface area (Å²) in [5.74, 6) is -0.139. The highest BCUT2D eigenvalue weighted by Gasteiger charge is 2.05. The summed E-state index contributed by atoms with van der Waals surface area (Å²) in [4.78, 5) is 11.0. The van der Waals surface area contributed by atoms with Crippen LogP contribution in [0.3, 0.4) is 0 Å². The summed E-state index contributed by atoms with van der Waals surface area (Å²) in [5, 5.41) is 5.00. The van der Waals surface area contributed by atoms with E-state index in [1.165, 1.54) is 12.7 Å². The van der Waals surface area contributed by atoms with Gasteiger partial charge in [0.1, 0.15) is 0 Å². The number of unbranched alkanes of at least 4 members (excludes halogenated alkanes) is 1. The number of carbonyl (C=O) groups excluding carboxylic acids is 1. The van der Waals surface area contributed by atoms with Gasteiger partial charge in [-0.15, -0.1) is 0 Å². The van der Waals surface area contributed by atoms with E-state index in [0.29, 0.717) is 6.42 Å². The molecule has 2 rings (SSSR count). The smallest absolute Gasteiger partial charge is 0.305 e. The Morgan fingerprint density at radius 1 is 1.39 bits per heavy atom. The van der Waals surface area contributed by atoms with Gasteiger partial charge in [-0.25, -0.2) is 0 Å². The van der Waals surface area contributed by atoms with E-state index in [0.717, 1.165) is 35.9 Å². The van der Waals surface area contributed by atoms with Crippen molar-refractivity contribution in [3.05, 3.63) is 29.5 Å². The maximum Gasteiger partial charge on any atom is 0.305 e. The molecule has 0 unspecified atom stereocenters. The first-order chi connectivity index (χ1) is 8.70. The number of fused-ring (bicyclic) bond motifs is 1. The normalized spacial score (nSPS) is 10.8. The molecule has 1 aromatic carbocycles. The first-order valence-corrected chi connectivity index (χ1v) is 6.12. The van der Waals surface area contributed by atoms with E-state index in [4.69, 9.17) is 4.52 Å². The fourth-order valence-corrected chi connectivity index (χ4v) is 1.96. The minimum atomic E-state index is -0.139. The fourth-order valence-electron chi connectivity index (χ4n) is 1.96. The highest BCUT2D eigenvalue weighted by Crippen LogP contribution is 2.20. The summed E-state index contributed by atoms with van der Waals surface area (Å²) in [7, 11) is 1.42. The molecule has 18 heavy (non-hydrogen) atoms. The second-order valence-corrected chi connectivity index (χ2v) is 4.38. The SMILES string of the molecule is COC(=O)CCCCc1ccc2onc(C)c2c1. The molecule has 0 radical (unpaired) electrons. The van der Waals surface area contributed by atoms with Crippen LogP contribution in [0.2, 0.25) is 0 Å². The molecular weight excluding hydrogens is 230 g/mol. The van der Waals surface area contributed by atoms with E-state index in [1.807, 2.05) is 19.1 Å². The third-order valence-corrected chi connectivity index (χ3v) is 3.04. The Labute approximate surface area is 106 Å². The lowest BCUT2D eigenvalue weighted by molar-refractivity contribution is -0.140. The maximum absolute atomic E-state index is 11.0. The number of methoxy groups -OCH3 is 1. The second-order valence-electron chi connectivity index (χ2n) is 4.38. The van der Waals surface area contributed by atoms with Gasteiger partial charge in [0, 0.05) is 11.8 Å². The minimum Gasteiger partial charge on any atom is -0.469 e. The highest BCUT2D eigenvalue weighted by atomic mass is 16.5. The van der Waals surface area contributed by atoms with Crippen LogP contribution < -0.4 is 0 Å². The lowest BCUT2D eigenvalue weighted by Gasteiger charge is -2.01. The van der Waals surface area contributed by atoms with Crippen LogP contribution in [0, 0.1) is 6.92 Å². The van der Waals surface area contributed by atoms with Crippen molar-refractivity contribution in [2.45, 2.75) is 32.6 Å². The molecule has 0 fully saturated rings. The molecule has 0 aliphatic rings. The van der Waals surface area contributed by atoms with E-state index in [1.54, 1.807) is 0 Å². The number of aryl methyl sites for hydroxylation is 2. The Morgan fingerprint density at radius 3 is 3.00 bits per heavy atom. The van der Waals surface area contributed by atoms with Crippen LogP contribution in [0.1, 0.15) is 30.5 Å². The fraction of sp³-hybridized carbons (Fsp3) is 0.429. The predicted molar refractivity (Wildman–Crippen MR) is 68.3 cm³/mol. The molecule has 0 atom stereocenters. The van der Waals surface area contributed by atoms with Gasteiger partial charge in [-0.1, -0.05) is 11.2 Å². The number of rotatable bonds is 5. The van der Waals surface area contributed by atoms with Gasteiger partial charge < -0.3 is 9.26 Å². The van der Waals surface area contributed by atoms with E-state index in [9.17, 15) is 4.79 Å². The number of ether oxygens (including phenoxy) is 1. The minimum absolute atomic E-state index is 0.139. The molecule has 0 saturated heterocycles. The van der Waals surface area contributed by atoms with Crippen molar-refractivity contribution < 1.29 is 14.1 Å². The molecule has 0 spiro atoms. The molecule has 0 amide bonds. The molecule has 2 aromatic rings. The first kappa shape index (κ1) is 12.6. The molecule has 0 aliphatic carbocycles. The van der Waals surface area contributed by atoms with E-state index in [-0.39, 0.29) is 5.97 Å². The molecule has 1 aromatic heterocycles. The topological polar surface area (TPSA) is 52.3 Å². The molecule has 0 bridgehead atoms. The first-order valence-electron chi connectivity index (χ1n) is 6.12. The molecule has 1 heterocycles. The zero-order chi connectivity index (χ0) is 13.0. The zero-order valence-electron chi connectivity index (χ0n) is 10.7. The van der Waals surface area contributed by atoms with Crippen molar-refractivity contribution in [3.8, 4) is 0 Å². The van der Waals surface area contributed by atoms with Gasteiger partial charge in [0.2, 0.25) is 0 Å². The third kappa shape index (κ3) is 2.88. The number of aromatic nitrogens is 1. The molecule has 4 heteroatoms. The number of hydrogen-bond acceptors (Lipinski definition) is 4. The Kier molecular flexibility index (Phi) is 3.97. The van der Waals surface area contributed by atoms with Crippen LogP contribution in [0.15, 0.2) is 22.7 Å². The number of benzene rings is 1. The van der Waals surface area contributed by atoms with Gasteiger partial charge in [-0.3, -0.25) is 4.79 Å². The van der Waals surface area contributed by atoms with Crippen molar-refractivity contribution in [3.63, 3.8) is 0 Å². The molecule has 0 N–H and O–H groups in total. The Bertz CT molecular complexity index is 545. The van der Waals surface area contributed by atoms with Gasteiger partial charge in [0.25, 0.3) is 0 Å². The highest BCUT2D eigenvalue weighted by molar-refractivity contribution is 5.79. The number of carbonyl (C=O) groups is 1. The summed E-state index contributed by atoms with van der Waals surface area (Å²) in [6, 6.07) is 6.11. The van der Waals surface area contributed by atoms with Gasteiger partial charge >= 0.3 is 5.97 Å². The number of nitrogens with zero attached hydrogens (tertiary/aromatic N) is 1. The van der Waals surface area contributed by atoms with E-state index >= 15 is 0 Å². The molecule has 0 aliphatic heterocycles. The summed E-state index contributed by atoms with van der Waals surface area (Å²) >= 11 is 0. The summed E-state index contributed by atoms with van der Waals surface area (Å²) in [6.07, 6.45) is 3.28. The predicted octanol–water partition coefficient (Wildman–Crippen LogP) is 3.02. The largest absolute Gasteiger partial charge is 0.469 e. The summed E-state index contributed by atoms with van der Waals surface area (Å²) < 4.78 is 9.77. The zero-order valence-corrected chi connectivity index (χ0v) is 10.7. The lowest BCUT2D eigenvalue weighted by Crippen LogP contribution is -1.99. The monoisotopic (exact) mass is 247 g/mol. The van der Waals surface area contributed by atoms with Crippen LogP contribution in [-0.4, -0.2) is 18.2 Å². The second kappa shape index (κ2) is 5.67. The average Bonchev–Trinajstić information content (AvgIpc) is 2.76. The Hall–Kier alpha value is -1.84. The van der Waals surface area contributed by atoms with Crippen LogP contribution in [0.4, 0.5) is 0 Å². The van der Waals surface area contributed by atoms with Crippen LogP contribution in [0.5, 0.6) is 0 Å². The van der Waals surface area contributed by atoms with Crippen LogP contribution >= 0.6 is 0 Å². The van der Waals surface area contributed by atoms with Crippen molar-refractivity contribution in [2.24, 2.45) is 0 Å². The quantitative estimate of drug-likeness (QED) is 0.602. The Morgan fingerprint density at radius 2 is 2.22 bits per heavy atom. The standard InChI is InChI=1S/C14H17NO3/c1-10-12-9-11(7-8-13(12)18-15-10)5-3-4-6-14(16)17-2/h7-9H,3-6H2,1-2H3. The number of esters is 1. The molecular formula is C14H17NO3. The summed E-state index contributed by atoms with van der Waals surface area (Å²) in [5.41, 5.74) is 2.99. The maximum atomic E-state index is 11.0. The summed E-state index contributed by atoms with van der Waals surface area (Å²) in [6.45, 7) is 1.94. The molecule has 0 saturated carbocycles. The van der Waals surface area contributed by atoms with Gasteiger partial charge in [0.15, 0.2) is 5.58 Å². The Balaban J connectivity index is 1.91. The molecule has 4 nitrogen and oxygen atoms in total. The van der Waals surface area contributed by atoms with Crippen molar-refractivity contribution >= 4 is 16.9 Å². The number of hydrogen-bond donors (Lipinski definition) is 0. The van der Waals surface area contributed by atoms with E-state index < -0.39 is 0 Å². The van der Waals surface area contributed by atoms with Crippen molar-refractivity contribution in [1.29, 1.82) is 0 Å². The van der Waals surface area contributed by atoms with Crippen molar-refractivity contribution in [1.82, 2.24) is 5.16 Å².